The van der Waals surface area contributed by atoms with Crippen molar-refractivity contribution >= 4 is 12.0 Å². The number of likely N-dealkylation sites (tertiary alicyclic amines) is 1. The first-order chi connectivity index (χ1) is 9.40. The van der Waals surface area contributed by atoms with Crippen LogP contribution in [0.1, 0.15) is 6.92 Å². The van der Waals surface area contributed by atoms with Gasteiger partial charge in [-0.05, 0) is 6.92 Å². The minimum Gasteiger partial charge on any atom is -0.480 e. The molecule has 0 spiro atoms. The summed E-state index contributed by atoms with van der Waals surface area (Å²) in [5.74, 6) is -1.02. The Morgan fingerprint density at radius 2 is 2.05 bits per heavy atom. The quantitative estimate of drug-likeness (QED) is 0.627. The van der Waals surface area contributed by atoms with Crippen molar-refractivity contribution in [3.05, 3.63) is 0 Å². The predicted molar refractivity (Wildman–Crippen MR) is 69.6 cm³/mol. The van der Waals surface area contributed by atoms with E-state index in [2.05, 4.69) is 5.32 Å². The van der Waals surface area contributed by atoms with Gasteiger partial charge in [-0.15, -0.1) is 0 Å². The Morgan fingerprint density at radius 1 is 1.40 bits per heavy atom. The first-order valence-electron chi connectivity index (χ1n) is 6.30. The average molecular weight is 290 g/mol. The molecule has 0 saturated carbocycles. The highest BCUT2D eigenvalue weighted by atomic mass is 16.5. The molecule has 1 aliphatic heterocycles. The van der Waals surface area contributed by atoms with Gasteiger partial charge in [-0.2, -0.15) is 0 Å². The number of carboxylic acid groups (broad SMARTS) is 1. The molecular formula is C12H22N2O6. The molecule has 20 heavy (non-hydrogen) atoms. The second kappa shape index (κ2) is 7.41. The van der Waals surface area contributed by atoms with Crippen molar-refractivity contribution < 1.29 is 28.9 Å². The molecule has 116 valence electrons. The third-order valence-electron chi connectivity index (χ3n) is 3.05. The minimum atomic E-state index is -1.02. The molecule has 0 aliphatic carbocycles. The molecule has 0 bridgehead atoms. The van der Waals surface area contributed by atoms with E-state index in [-0.39, 0.29) is 18.7 Å². The van der Waals surface area contributed by atoms with Crippen LogP contribution in [-0.2, 0) is 19.0 Å². The van der Waals surface area contributed by atoms with Gasteiger partial charge < -0.3 is 29.5 Å². The molecule has 8 heteroatoms. The van der Waals surface area contributed by atoms with Crippen LogP contribution in [0.5, 0.6) is 0 Å². The molecule has 1 atom stereocenters. The maximum absolute atomic E-state index is 11.8. The molecule has 0 aromatic heterocycles. The summed E-state index contributed by atoms with van der Waals surface area (Å²) in [5.41, 5.74) is -0.580. The number of nitrogens with zero attached hydrogens (tertiary/aromatic N) is 1. The number of nitrogens with one attached hydrogen (secondary N) is 1. The summed E-state index contributed by atoms with van der Waals surface area (Å²) >= 11 is 0. The number of carbonyl (C=O) groups is 2. The van der Waals surface area contributed by atoms with Gasteiger partial charge in [0.05, 0.1) is 25.8 Å². The van der Waals surface area contributed by atoms with Gasteiger partial charge in [0.1, 0.15) is 12.2 Å². The SMILES string of the molecule is COCC(CNC(=O)N1CC(C)(OCC(=O)O)C1)OC. The van der Waals surface area contributed by atoms with Gasteiger partial charge in [-0.1, -0.05) is 0 Å². The fourth-order valence-electron chi connectivity index (χ4n) is 1.94. The number of ether oxygens (including phenoxy) is 3. The molecule has 0 aromatic carbocycles. The fourth-order valence-corrected chi connectivity index (χ4v) is 1.94. The first-order valence-corrected chi connectivity index (χ1v) is 6.30. The van der Waals surface area contributed by atoms with Crippen LogP contribution >= 0.6 is 0 Å². The third kappa shape index (κ3) is 4.95. The highest BCUT2D eigenvalue weighted by molar-refractivity contribution is 5.75. The number of rotatable bonds is 8. The molecule has 0 aromatic rings. The number of urea groups is 1. The summed E-state index contributed by atoms with van der Waals surface area (Å²) in [6.45, 7) is 2.92. The Morgan fingerprint density at radius 3 is 2.55 bits per heavy atom. The maximum Gasteiger partial charge on any atom is 0.329 e. The van der Waals surface area contributed by atoms with E-state index in [4.69, 9.17) is 19.3 Å². The summed E-state index contributed by atoms with van der Waals surface area (Å²) in [4.78, 5) is 23.8. The van der Waals surface area contributed by atoms with Crippen molar-refractivity contribution in [1.29, 1.82) is 0 Å². The summed E-state index contributed by atoms with van der Waals surface area (Å²) in [5, 5.41) is 11.3. The molecule has 1 rings (SSSR count). The molecular weight excluding hydrogens is 268 g/mol. The number of hydrogen-bond donors (Lipinski definition) is 2. The van der Waals surface area contributed by atoms with Crippen molar-refractivity contribution in [3.8, 4) is 0 Å². The van der Waals surface area contributed by atoms with Crippen LogP contribution in [0.3, 0.4) is 0 Å². The maximum atomic E-state index is 11.8. The smallest absolute Gasteiger partial charge is 0.329 e. The Kier molecular flexibility index (Phi) is 6.18. The van der Waals surface area contributed by atoms with E-state index in [0.29, 0.717) is 26.2 Å². The van der Waals surface area contributed by atoms with Gasteiger partial charge in [0.2, 0.25) is 0 Å². The van der Waals surface area contributed by atoms with Crippen molar-refractivity contribution in [1.82, 2.24) is 10.2 Å². The number of carboxylic acids is 1. The Labute approximate surface area is 118 Å². The standard InChI is InChI=1S/C12H22N2O6/c1-12(20-6-10(15)16)7-14(8-12)11(17)13-4-9(19-3)5-18-2/h9H,4-8H2,1-3H3,(H,13,17)(H,15,16). The zero-order chi connectivity index (χ0) is 15.2. The van der Waals surface area contributed by atoms with Crippen LogP contribution < -0.4 is 5.32 Å². The normalized spacial score (nSPS) is 18.2. The van der Waals surface area contributed by atoms with Gasteiger partial charge in [0.25, 0.3) is 0 Å². The van der Waals surface area contributed by atoms with Crippen molar-refractivity contribution in [2.75, 3.05) is 47.1 Å². The molecule has 1 aliphatic rings. The molecule has 8 nitrogen and oxygen atoms in total. The highest BCUT2D eigenvalue weighted by Gasteiger charge is 2.42. The lowest BCUT2D eigenvalue weighted by molar-refractivity contribution is -0.159. The van der Waals surface area contributed by atoms with E-state index in [1.165, 1.54) is 0 Å². The Hall–Kier alpha value is -1.38. The minimum absolute atomic E-state index is 0.195. The predicted octanol–water partition coefficient (Wildman–Crippen LogP) is -0.467. The second-order valence-corrected chi connectivity index (χ2v) is 4.99. The van der Waals surface area contributed by atoms with E-state index in [1.807, 2.05) is 0 Å². The molecule has 2 N–H and O–H groups in total. The molecule has 0 radical (unpaired) electrons. The number of amides is 2. The van der Waals surface area contributed by atoms with Crippen LogP contribution in [0.25, 0.3) is 0 Å². The molecule has 1 saturated heterocycles. The first kappa shape index (κ1) is 16.7. The molecule has 1 heterocycles. The van der Waals surface area contributed by atoms with Crippen LogP contribution in [0.15, 0.2) is 0 Å². The average Bonchev–Trinajstić information content (AvgIpc) is 2.37. The zero-order valence-electron chi connectivity index (χ0n) is 12.0. The van der Waals surface area contributed by atoms with E-state index in [9.17, 15) is 9.59 Å². The molecule has 2 amide bonds. The van der Waals surface area contributed by atoms with Crippen LogP contribution in [0.2, 0.25) is 0 Å². The van der Waals surface area contributed by atoms with Crippen molar-refractivity contribution in [2.45, 2.75) is 18.6 Å². The van der Waals surface area contributed by atoms with Gasteiger partial charge in [-0.25, -0.2) is 9.59 Å². The topological polar surface area (TPSA) is 97.3 Å². The van der Waals surface area contributed by atoms with Crippen LogP contribution in [-0.4, -0.2) is 80.8 Å². The molecule has 1 unspecified atom stereocenters. The number of hydrogen-bond acceptors (Lipinski definition) is 5. The fraction of sp³-hybridized carbons (Fsp3) is 0.833. The van der Waals surface area contributed by atoms with Crippen molar-refractivity contribution in [3.63, 3.8) is 0 Å². The number of methoxy groups -OCH3 is 2. The Bertz CT molecular complexity index is 343. The van der Waals surface area contributed by atoms with E-state index < -0.39 is 11.6 Å². The van der Waals surface area contributed by atoms with Gasteiger partial charge in [0, 0.05) is 20.8 Å². The largest absolute Gasteiger partial charge is 0.480 e. The monoisotopic (exact) mass is 290 g/mol. The van der Waals surface area contributed by atoms with E-state index in [1.54, 1.807) is 26.0 Å². The third-order valence-corrected chi connectivity index (χ3v) is 3.05. The number of carbonyl (C=O) groups excluding carboxylic acids is 1. The van der Waals surface area contributed by atoms with E-state index in [0.717, 1.165) is 0 Å². The lowest BCUT2D eigenvalue weighted by Gasteiger charge is -2.47. The van der Waals surface area contributed by atoms with Crippen LogP contribution in [0.4, 0.5) is 4.79 Å². The lowest BCUT2D eigenvalue weighted by atomic mass is 9.97. The van der Waals surface area contributed by atoms with Crippen LogP contribution in [0, 0.1) is 0 Å². The van der Waals surface area contributed by atoms with Crippen molar-refractivity contribution in [2.24, 2.45) is 0 Å². The highest BCUT2D eigenvalue weighted by Crippen LogP contribution is 2.24. The summed E-state index contributed by atoms with van der Waals surface area (Å²) in [7, 11) is 3.12. The van der Waals surface area contributed by atoms with Gasteiger partial charge in [0.15, 0.2) is 0 Å². The van der Waals surface area contributed by atoms with Gasteiger partial charge >= 0.3 is 12.0 Å². The summed E-state index contributed by atoms with van der Waals surface area (Å²) in [6.07, 6.45) is -0.195. The molecule has 1 fully saturated rings. The lowest BCUT2D eigenvalue weighted by Crippen LogP contribution is -2.65. The summed E-state index contributed by atoms with van der Waals surface area (Å²) < 4.78 is 15.3. The summed E-state index contributed by atoms with van der Waals surface area (Å²) in [6, 6.07) is -0.223. The van der Waals surface area contributed by atoms with E-state index >= 15 is 0 Å². The second-order valence-electron chi connectivity index (χ2n) is 4.99. The Balaban J connectivity index is 2.25. The van der Waals surface area contributed by atoms with Gasteiger partial charge in [-0.3, -0.25) is 0 Å². The number of aliphatic carboxylic acids is 1. The zero-order valence-corrected chi connectivity index (χ0v) is 12.0.